The van der Waals surface area contributed by atoms with Crippen molar-refractivity contribution in [2.75, 3.05) is 11.5 Å². The van der Waals surface area contributed by atoms with E-state index in [9.17, 15) is 4.79 Å². The summed E-state index contributed by atoms with van der Waals surface area (Å²) in [4.78, 5) is 12.4. The fourth-order valence-corrected chi connectivity index (χ4v) is 2.07. The van der Waals surface area contributed by atoms with Crippen LogP contribution in [0.25, 0.3) is 0 Å². The van der Waals surface area contributed by atoms with Crippen molar-refractivity contribution in [3.8, 4) is 0 Å². The Kier molecular flexibility index (Phi) is 4.68. The van der Waals surface area contributed by atoms with Crippen molar-refractivity contribution >= 4 is 23.4 Å². The predicted octanol–water partition coefficient (Wildman–Crippen LogP) is 2.62. The first-order valence-electron chi connectivity index (χ1n) is 5.18. The Bertz CT molecular complexity index is 377. The van der Waals surface area contributed by atoms with E-state index in [2.05, 4.69) is 0 Å². The highest BCUT2D eigenvalue weighted by Crippen LogP contribution is 2.26. The highest BCUT2D eigenvalue weighted by Gasteiger charge is 2.08. The summed E-state index contributed by atoms with van der Waals surface area (Å²) in [5, 5.41) is 0. The lowest BCUT2D eigenvalue weighted by Crippen LogP contribution is -2.13. The average molecular weight is 239 g/mol. The molecule has 0 fully saturated rings. The second-order valence-electron chi connectivity index (χ2n) is 3.80. The quantitative estimate of drug-likeness (QED) is 0.498. The summed E-state index contributed by atoms with van der Waals surface area (Å²) in [7, 11) is 0. The number of thioether (sulfide) groups is 1. The lowest BCUT2D eigenvalue weighted by atomic mass is 10.2. The summed E-state index contributed by atoms with van der Waals surface area (Å²) < 4.78 is 5.05. The van der Waals surface area contributed by atoms with E-state index >= 15 is 0 Å². The van der Waals surface area contributed by atoms with E-state index in [-0.39, 0.29) is 12.1 Å². The molecule has 0 aromatic heterocycles. The van der Waals surface area contributed by atoms with Crippen LogP contribution in [0.5, 0.6) is 0 Å². The number of hydrogen-bond acceptors (Lipinski definition) is 4. The van der Waals surface area contributed by atoms with Crippen molar-refractivity contribution in [1.29, 1.82) is 0 Å². The number of rotatable bonds is 4. The van der Waals surface area contributed by atoms with Gasteiger partial charge in [-0.1, -0.05) is 6.07 Å². The third-order valence-corrected chi connectivity index (χ3v) is 3.17. The molecule has 0 aliphatic heterocycles. The van der Waals surface area contributed by atoms with Crippen molar-refractivity contribution in [2.24, 2.45) is 0 Å². The van der Waals surface area contributed by atoms with Crippen molar-refractivity contribution in [1.82, 2.24) is 0 Å². The van der Waals surface area contributed by atoms with Gasteiger partial charge in [0.15, 0.2) is 0 Å². The van der Waals surface area contributed by atoms with Crippen LogP contribution in [0.1, 0.15) is 19.4 Å². The Morgan fingerprint density at radius 2 is 2.19 bits per heavy atom. The highest BCUT2D eigenvalue weighted by atomic mass is 32.2. The maximum Gasteiger partial charge on any atom is 0.316 e. The number of ether oxygens (including phenoxy) is 1. The van der Waals surface area contributed by atoms with Crippen LogP contribution in [0.3, 0.4) is 0 Å². The molecule has 1 rings (SSSR count). The third-order valence-electron chi connectivity index (χ3n) is 2.04. The molecule has 0 aliphatic carbocycles. The van der Waals surface area contributed by atoms with Gasteiger partial charge in [0, 0.05) is 10.6 Å². The molecule has 1 aromatic carbocycles. The summed E-state index contributed by atoms with van der Waals surface area (Å²) in [6.07, 6.45) is -0.0601. The van der Waals surface area contributed by atoms with Gasteiger partial charge in [-0.05, 0) is 38.5 Å². The maximum absolute atomic E-state index is 11.3. The zero-order valence-corrected chi connectivity index (χ0v) is 10.6. The topological polar surface area (TPSA) is 52.3 Å². The van der Waals surface area contributed by atoms with Crippen LogP contribution >= 0.6 is 11.8 Å². The fourth-order valence-electron chi connectivity index (χ4n) is 1.22. The first kappa shape index (κ1) is 12.9. The second kappa shape index (κ2) is 5.80. The van der Waals surface area contributed by atoms with Crippen LogP contribution in [0.15, 0.2) is 23.1 Å². The molecule has 0 atom stereocenters. The number of benzene rings is 1. The SMILES string of the molecule is Cc1c(N)cccc1SCC(=O)OC(C)C. The van der Waals surface area contributed by atoms with Crippen LogP contribution in [0, 0.1) is 6.92 Å². The van der Waals surface area contributed by atoms with Crippen molar-refractivity contribution < 1.29 is 9.53 Å². The van der Waals surface area contributed by atoms with Crippen LogP contribution in [0.4, 0.5) is 5.69 Å². The summed E-state index contributed by atoms with van der Waals surface area (Å²) in [6.45, 7) is 5.63. The number of nitrogens with two attached hydrogens (primary N) is 1. The molecule has 0 radical (unpaired) electrons. The molecule has 2 N–H and O–H groups in total. The number of esters is 1. The Morgan fingerprint density at radius 1 is 1.50 bits per heavy atom. The minimum Gasteiger partial charge on any atom is -0.462 e. The number of anilines is 1. The van der Waals surface area contributed by atoms with Gasteiger partial charge >= 0.3 is 5.97 Å². The van der Waals surface area contributed by atoms with Crippen molar-refractivity contribution in [3.05, 3.63) is 23.8 Å². The molecular weight excluding hydrogens is 222 g/mol. The molecule has 0 amide bonds. The maximum atomic E-state index is 11.3. The predicted molar refractivity (Wildman–Crippen MR) is 67.5 cm³/mol. The van der Waals surface area contributed by atoms with Crippen LogP contribution < -0.4 is 5.73 Å². The molecule has 0 bridgehead atoms. The van der Waals surface area contributed by atoms with Gasteiger partial charge in [0.1, 0.15) is 0 Å². The van der Waals surface area contributed by atoms with E-state index in [1.54, 1.807) is 0 Å². The summed E-state index contributed by atoms with van der Waals surface area (Å²) in [6, 6.07) is 5.70. The zero-order chi connectivity index (χ0) is 12.1. The zero-order valence-electron chi connectivity index (χ0n) is 9.82. The summed E-state index contributed by atoms with van der Waals surface area (Å²) in [5.74, 6) is 0.129. The molecule has 3 nitrogen and oxygen atoms in total. The first-order valence-corrected chi connectivity index (χ1v) is 6.16. The monoisotopic (exact) mass is 239 g/mol. The van der Waals surface area contributed by atoms with Crippen molar-refractivity contribution in [2.45, 2.75) is 31.8 Å². The normalized spacial score (nSPS) is 10.5. The van der Waals surface area contributed by atoms with E-state index in [0.717, 1.165) is 16.1 Å². The minimum absolute atomic E-state index is 0.0601. The van der Waals surface area contributed by atoms with Gasteiger partial charge < -0.3 is 10.5 Å². The van der Waals surface area contributed by atoms with Gasteiger partial charge in [-0.25, -0.2) is 0 Å². The standard InChI is InChI=1S/C12H17NO2S/c1-8(2)15-12(14)7-16-11-6-4-5-10(13)9(11)3/h4-6,8H,7,13H2,1-3H3. The van der Waals surface area contributed by atoms with Crippen LogP contribution in [0.2, 0.25) is 0 Å². The third kappa shape index (κ3) is 3.77. The van der Waals surface area contributed by atoms with Gasteiger partial charge in [0.05, 0.1) is 11.9 Å². The lowest BCUT2D eigenvalue weighted by Gasteiger charge is -2.09. The molecule has 1 aromatic rings. The number of nitrogen functional groups attached to an aromatic ring is 1. The second-order valence-corrected chi connectivity index (χ2v) is 4.81. The van der Waals surface area contributed by atoms with Gasteiger partial charge in [-0.15, -0.1) is 11.8 Å². The van der Waals surface area contributed by atoms with E-state index < -0.39 is 0 Å². The molecule has 88 valence electrons. The van der Waals surface area contributed by atoms with Gasteiger partial charge in [-0.2, -0.15) is 0 Å². The molecule has 0 spiro atoms. The van der Waals surface area contributed by atoms with E-state index in [4.69, 9.17) is 10.5 Å². The van der Waals surface area contributed by atoms with Crippen LogP contribution in [-0.4, -0.2) is 17.8 Å². The smallest absolute Gasteiger partial charge is 0.316 e. The van der Waals surface area contributed by atoms with Gasteiger partial charge in [0.25, 0.3) is 0 Å². The van der Waals surface area contributed by atoms with E-state index in [1.165, 1.54) is 11.8 Å². The Balaban J connectivity index is 2.55. The Hall–Kier alpha value is -1.16. The lowest BCUT2D eigenvalue weighted by molar-refractivity contribution is -0.144. The number of carbonyl (C=O) groups excluding carboxylic acids is 1. The number of carbonyl (C=O) groups is 1. The van der Waals surface area contributed by atoms with E-state index in [0.29, 0.717) is 5.75 Å². The largest absolute Gasteiger partial charge is 0.462 e. The molecule has 0 heterocycles. The Morgan fingerprint density at radius 3 is 2.81 bits per heavy atom. The number of hydrogen-bond donors (Lipinski definition) is 1. The van der Waals surface area contributed by atoms with Gasteiger partial charge in [0.2, 0.25) is 0 Å². The van der Waals surface area contributed by atoms with Crippen molar-refractivity contribution in [3.63, 3.8) is 0 Å². The minimum atomic E-state index is -0.193. The molecular formula is C12H17NO2S. The molecule has 16 heavy (non-hydrogen) atoms. The Labute approximate surface area is 100 Å². The molecule has 0 unspecified atom stereocenters. The molecule has 4 heteroatoms. The average Bonchev–Trinajstić information content (AvgIpc) is 2.19. The van der Waals surface area contributed by atoms with Crippen LogP contribution in [-0.2, 0) is 9.53 Å². The molecule has 0 aliphatic rings. The van der Waals surface area contributed by atoms with Gasteiger partial charge in [-0.3, -0.25) is 4.79 Å². The fraction of sp³-hybridized carbons (Fsp3) is 0.417. The summed E-state index contributed by atoms with van der Waals surface area (Å²) in [5.41, 5.74) is 7.55. The summed E-state index contributed by atoms with van der Waals surface area (Å²) >= 11 is 1.46. The van der Waals surface area contributed by atoms with E-state index in [1.807, 2.05) is 39.0 Å². The molecule has 0 saturated carbocycles. The first-order chi connectivity index (χ1) is 7.50. The highest BCUT2D eigenvalue weighted by molar-refractivity contribution is 8.00. The molecule has 0 saturated heterocycles.